The van der Waals surface area contributed by atoms with Crippen LogP contribution in [0.4, 0.5) is 22.1 Å². The monoisotopic (exact) mass is 378 g/mol. The first-order valence-corrected chi connectivity index (χ1v) is 10.3. The molecular weight excluding hydrogens is 352 g/mol. The van der Waals surface area contributed by atoms with Crippen LogP contribution in [0.1, 0.15) is 50.6 Å². The number of amides is 2. The van der Waals surface area contributed by atoms with Gasteiger partial charge in [-0.2, -0.15) is 0 Å². The van der Waals surface area contributed by atoms with Crippen molar-refractivity contribution in [3.8, 4) is 0 Å². The van der Waals surface area contributed by atoms with Gasteiger partial charge in [-0.3, -0.25) is 10.2 Å². The first kappa shape index (κ1) is 17.4. The fourth-order valence-corrected chi connectivity index (χ4v) is 4.95. The van der Waals surface area contributed by atoms with Crippen molar-refractivity contribution in [1.82, 2.24) is 15.0 Å². The predicted molar refractivity (Wildman–Crippen MR) is 109 cm³/mol. The van der Waals surface area contributed by atoms with Gasteiger partial charge in [0.2, 0.25) is 0 Å². The van der Waals surface area contributed by atoms with Gasteiger partial charge in [0.15, 0.2) is 5.82 Å². The minimum atomic E-state index is -0.159. The third kappa shape index (κ3) is 3.08. The van der Waals surface area contributed by atoms with Crippen LogP contribution in [0.5, 0.6) is 0 Å². The van der Waals surface area contributed by atoms with E-state index in [1.165, 1.54) is 32.0 Å². The summed E-state index contributed by atoms with van der Waals surface area (Å²) in [5, 5.41) is 2.92. The zero-order chi connectivity index (χ0) is 19.1. The van der Waals surface area contributed by atoms with Gasteiger partial charge in [-0.15, -0.1) is 0 Å². The van der Waals surface area contributed by atoms with Gasteiger partial charge in [0.25, 0.3) is 0 Å². The Kier molecular flexibility index (Phi) is 4.37. The van der Waals surface area contributed by atoms with E-state index in [1.54, 1.807) is 12.3 Å². The maximum absolute atomic E-state index is 13.2. The molecule has 2 aliphatic heterocycles. The third-order valence-corrected chi connectivity index (χ3v) is 6.36. The normalized spacial score (nSPS) is 26.1. The van der Waals surface area contributed by atoms with Crippen LogP contribution in [0.15, 0.2) is 30.7 Å². The number of carbonyl (C=O) groups excluding carboxylic acids is 1. The number of carbonyl (C=O) groups is 1. The van der Waals surface area contributed by atoms with Crippen molar-refractivity contribution >= 4 is 23.4 Å². The number of hydrogen-bond acceptors (Lipinski definition) is 5. The summed E-state index contributed by atoms with van der Waals surface area (Å²) in [4.78, 5) is 30.5. The van der Waals surface area contributed by atoms with E-state index in [1.807, 2.05) is 4.90 Å². The number of hydrogen-bond donors (Lipinski definition) is 1. The second kappa shape index (κ2) is 7.04. The number of rotatable bonds is 2. The number of anilines is 3. The molecule has 2 amide bonds. The highest BCUT2D eigenvalue weighted by Gasteiger charge is 2.40. The fourth-order valence-electron chi connectivity index (χ4n) is 4.95. The zero-order valence-corrected chi connectivity index (χ0v) is 16.2. The average Bonchev–Trinajstić information content (AvgIpc) is 3.13. The molecule has 3 aliphatic rings. The number of pyridine rings is 1. The lowest BCUT2D eigenvalue weighted by Crippen LogP contribution is -2.48. The standard InChI is InChI=1S/C21H26N6O/c1-14-3-2-4-15(11-14)17-5-6-18-20(24-17)27(16-8-10-26(18)12-16)21(28)25-19-7-9-22-13-23-19/h5-7,9,13-16H,2-4,8,10-12H2,1H3,(H,22,23,25,28)/t14?,15?,16-/m0/s1. The summed E-state index contributed by atoms with van der Waals surface area (Å²) in [5.41, 5.74) is 2.20. The highest BCUT2D eigenvalue weighted by molar-refractivity contribution is 6.04. The Hall–Kier alpha value is -2.70. The van der Waals surface area contributed by atoms with E-state index in [9.17, 15) is 4.79 Å². The Bertz CT molecular complexity index is 872. The Morgan fingerprint density at radius 2 is 2.14 bits per heavy atom. The molecule has 3 atom stereocenters. The molecule has 1 aliphatic carbocycles. The quantitative estimate of drug-likeness (QED) is 0.860. The molecule has 7 heteroatoms. The maximum Gasteiger partial charge on any atom is 0.329 e. The number of urea groups is 1. The molecule has 5 rings (SSSR count). The van der Waals surface area contributed by atoms with E-state index in [2.05, 4.69) is 39.2 Å². The molecule has 2 aromatic rings. The molecule has 2 unspecified atom stereocenters. The molecule has 1 saturated heterocycles. The summed E-state index contributed by atoms with van der Waals surface area (Å²) < 4.78 is 0. The second-order valence-electron chi connectivity index (χ2n) is 8.33. The van der Waals surface area contributed by atoms with Crippen LogP contribution in [-0.4, -0.2) is 40.1 Å². The van der Waals surface area contributed by atoms with Crippen molar-refractivity contribution in [2.24, 2.45) is 5.92 Å². The fraction of sp³-hybridized carbons (Fsp3) is 0.524. The van der Waals surface area contributed by atoms with E-state index in [0.717, 1.165) is 42.6 Å². The molecule has 0 aromatic carbocycles. The van der Waals surface area contributed by atoms with E-state index in [4.69, 9.17) is 4.98 Å². The van der Waals surface area contributed by atoms with Gasteiger partial charge in [-0.25, -0.2) is 19.7 Å². The average molecular weight is 378 g/mol. The Morgan fingerprint density at radius 3 is 2.96 bits per heavy atom. The molecule has 2 fully saturated rings. The van der Waals surface area contributed by atoms with Crippen molar-refractivity contribution in [3.63, 3.8) is 0 Å². The van der Waals surface area contributed by atoms with E-state index in [0.29, 0.717) is 11.7 Å². The topological polar surface area (TPSA) is 74.2 Å². The molecule has 0 spiro atoms. The molecule has 146 valence electrons. The van der Waals surface area contributed by atoms with Crippen molar-refractivity contribution in [3.05, 3.63) is 36.4 Å². The Morgan fingerprint density at radius 1 is 1.21 bits per heavy atom. The number of fused-ring (bicyclic) bond motifs is 4. The summed E-state index contributed by atoms with van der Waals surface area (Å²) in [6, 6.07) is 6.05. The zero-order valence-electron chi connectivity index (χ0n) is 16.2. The second-order valence-corrected chi connectivity index (χ2v) is 8.33. The van der Waals surface area contributed by atoms with Crippen molar-refractivity contribution in [2.45, 2.75) is 51.0 Å². The van der Waals surface area contributed by atoms with E-state index < -0.39 is 0 Å². The SMILES string of the molecule is CC1CCCC(c2ccc3c(n2)N(C(=O)Nc2ccncn2)[C@H]2CCN3C2)C1. The van der Waals surface area contributed by atoms with Crippen molar-refractivity contribution in [2.75, 3.05) is 28.2 Å². The minimum absolute atomic E-state index is 0.155. The van der Waals surface area contributed by atoms with Gasteiger partial charge in [0.1, 0.15) is 12.1 Å². The lowest BCUT2D eigenvalue weighted by molar-refractivity contribution is 0.254. The first-order valence-electron chi connectivity index (χ1n) is 10.3. The number of nitrogens with one attached hydrogen (secondary N) is 1. The van der Waals surface area contributed by atoms with Crippen molar-refractivity contribution in [1.29, 1.82) is 0 Å². The molecule has 1 N–H and O–H groups in total. The molecule has 4 heterocycles. The van der Waals surface area contributed by atoms with Crippen LogP contribution in [0.25, 0.3) is 0 Å². The summed E-state index contributed by atoms with van der Waals surface area (Å²) >= 11 is 0. The van der Waals surface area contributed by atoms with Gasteiger partial charge in [0.05, 0.1) is 11.7 Å². The predicted octanol–water partition coefficient (Wildman–Crippen LogP) is 3.80. The van der Waals surface area contributed by atoms with Crippen LogP contribution in [0.3, 0.4) is 0 Å². The Balaban J connectivity index is 1.47. The molecule has 1 saturated carbocycles. The third-order valence-electron chi connectivity index (χ3n) is 6.36. The van der Waals surface area contributed by atoms with Gasteiger partial charge in [-0.1, -0.05) is 19.8 Å². The summed E-state index contributed by atoms with van der Waals surface area (Å²) in [6.07, 6.45) is 8.98. The summed E-state index contributed by atoms with van der Waals surface area (Å²) in [7, 11) is 0. The Labute approximate surface area is 165 Å². The van der Waals surface area contributed by atoms with Crippen LogP contribution >= 0.6 is 0 Å². The largest absolute Gasteiger partial charge is 0.366 e. The van der Waals surface area contributed by atoms with E-state index in [-0.39, 0.29) is 12.1 Å². The lowest BCUT2D eigenvalue weighted by atomic mass is 9.80. The first-order chi connectivity index (χ1) is 13.7. The van der Waals surface area contributed by atoms with Gasteiger partial charge >= 0.3 is 6.03 Å². The maximum atomic E-state index is 13.2. The molecule has 7 nitrogen and oxygen atoms in total. The number of aromatic nitrogens is 3. The smallest absolute Gasteiger partial charge is 0.329 e. The lowest BCUT2D eigenvalue weighted by Gasteiger charge is -2.36. The van der Waals surface area contributed by atoms with Crippen LogP contribution in [0.2, 0.25) is 0 Å². The summed E-state index contributed by atoms with van der Waals surface area (Å²) in [5.74, 6) is 2.55. The van der Waals surface area contributed by atoms with E-state index >= 15 is 0 Å². The molecular formula is C21H26N6O. The molecule has 2 bridgehead atoms. The van der Waals surface area contributed by atoms with Crippen molar-refractivity contribution < 1.29 is 4.79 Å². The number of nitrogens with zero attached hydrogens (tertiary/aromatic N) is 5. The summed E-state index contributed by atoms with van der Waals surface area (Å²) in [6.45, 7) is 4.17. The van der Waals surface area contributed by atoms with Gasteiger partial charge < -0.3 is 4.90 Å². The highest BCUT2D eigenvalue weighted by atomic mass is 16.2. The molecule has 0 radical (unpaired) electrons. The minimum Gasteiger partial charge on any atom is -0.366 e. The highest BCUT2D eigenvalue weighted by Crippen LogP contribution is 2.42. The molecule has 2 aromatic heterocycles. The van der Waals surface area contributed by atoms with Gasteiger partial charge in [-0.05, 0) is 43.4 Å². The van der Waals surface area contributed by atoms with Crippen LogP contribution < -0.4 is 15.1 Å². The molecule has 28 heavy (non-hydrogen) atoms. The van der Waals surface area contributed by atoms with Crippen LogP contribution in [0, 0.1) is 5.92 Å². The van der Waals surface area contributed by atoms with Crippen LogP contribution in [-0.2, 0) is 0 Å². The van der Waals surface area contributed by atoms with Gasteiger partial charge in [0, 0.05) is 30.9 Å².